The van der Waals surface area contributed by atoms with Gasteiger partial charge in [-0.1, -0.05) is 13.3 Å². The van der Waals surface area contributed by atoms with E-state index in [1.165, 1.54) is 6.42 Å². The molecular weight excluding hydrogens is 404 g/mol. The topological polar surface area (TPSA) is 59.8 Å². The number of ether oxygens (including phenoxy) is 2. The highest BCUT2D eigenvalue weighted by molar-refractivity contribution is 5.97. The summed E-state index contributed by atoms with van der Waals surface area (Å²) in [6.45, 7) is 5.26. The molecule has 0 bridgehead atoms. The SMILES string of the molecule is CCC1CN(Cc2c(OC)cc(-c3cn(C)c(=O)c4cnc(N(C)C)cc34)cc2OC)C1. The van der Waals surface area contributed by atoms with E-state index in [9.17, 15) is 4.79 Å². The number of hydrogen-bond acceptors (Lipinski definition) is 6. The standard InChI is InChI=1S/C25H32N4O3/c1-7-16-12-29(13-16)15-21-22(31-5)8-17(9-23(21)32-6)20-14-28(4)25(30)19-11-26-24(27(2)3)10-18(19)20/h8-11,14,16H,7,12-13,15H2,1-6H3. The average Bonchev–Trinajstić information content (AvgIpc) is 2.77. The maximum Gasteiger partial charge on any atom is 0.259 e. The van der Waals surface area contributed by atoms with Crippen LogP contribution in [0.4, 0.5) is 5.82 Å². The molecule has 1 fully saturated rings. The van der Waals surface area contributed by atoms with Crippen molar-refractivity contribution in [3.8, 4) is 22.6 Å². The first-order valence-electron chi connectivity index (χ1n) is 11.0. The molecule has 4 rings (SSSR count). The molecule has 0 N–H and O–H groups in total. The van der Waals surface area contributed by atoms with Crippen molar-refractivity contribution in [3.63, 3.8) is 0 Å². The second-order valence-corrected chi connectivity index (χ2v) is 8.77. The van der Waals surface area contributed by atoms with Crippen LogP contribution in [0.3, 0.4) is 0 Å². The molecule has 0 spiro atoms. The van der Waals surface area contributed by atoms with Gasteiger partial charge in [0.2, 0.25) is 0 Å². The smallest absolute Gasteiger partial charge is 0.259 e. The van der Waals surface area contributed by atoms with Crippen LogP contribution < -0.4 is 19.9 Å². The number of aryl methyl sites for hydroxylation is 1. The molecule has 0 saturated carbocycles. The van der Waals surface area contributed by atoms with E-state index in [0.717, 1.165) is 64.9 Å². The Bertz CT molecular complexity index is 1170. The summed E-state index contributed by atoms with van der Waals surface area (Å²) in [6.07, 6.45) is 4.75. The largest absolute Gasteiger partial charge is 0.496 e. The molecule has 0 radical (unpaired) electrons. The van der Waals surface area contributed by atoms with Crippen LogP contribution in [-0.4, -0.2) is 55.9 Å². The highest BCUT2D eigenvalue weighted by atomic mass is 16.5. The first-order chi connectivity index (χ1) is 15.4. The molecule has 0 amide bonds. The predicted octanol–water partition coefficient (Wildman–Crippen LogP) is 3.53. The number of likely N-dealkylation sites (tertiary alicyclic amines) is 1. The summed E-state index contributed by atoms with van der Waals surface area (Å²) in [7, 11) is 9.03. The van der Waals surface area contributed by atoms with Gasteiger partial charge in [-0.15, -0.1) is 0 Å². The lowest BCUT2D eigenvalue weighted by molar-refractivity contribution is 0.0880. The van der Waals surface area contributed by atoms with Gasteiger partial charge in [-0.2, -0.15) is 0 Å². The molecule has 3 heterocycles. The fourth-order valence-corrected chi connectivity index (χ4v) is 4.41. The van der Waals surface area contributed by atoms with Crippen molar-refractivity contribution >= 4 is 16.6 Å². The molecule has 0 atom stereocenters. The maximum absolute atomic E-state index is 12.8. The summed E-state index contributed by atoms with van der Waals surface area (Å²) < 4.78 is 13.2. The third kappa shape index (κ3) is 3.93. The summed E-state index contributed by atoms with van der Waals surface area (Å²) in [4.78, 5) is 21.6. The number of anilines is 1. The molecule has 2 aromatic heterocycles. The van der Waals surface area contributed by atoms with Gasteiger partial charge in [-0.05, 0) is 29.7 Å². The first kappa shape index (κ1) is 22.1. The van der Waals surface area contributed by atoms with Gasteiger partial charge >= 0.3 is 0 Å². The molecule has 1 aliphatic rings. The Morgan fingerprint density at radius 2 is 1.75 bits per heavy atom. The van der Waals surface area contributed by atoms with Crippen molar-refractivity contribution in [2.75, 3.05) is 46.3 Å². The van der Waals surface area contributed by atoms with Gasteiger partial charge in [0, 0.05) is 64.1 Å². The van der Waals surface area contributed by atoms with Crippen LogP contribution >= 0.6 is 0 Å². The van der Waals surface area contributed by atoms with Crippen LogP contribution in [0.5, 0.6) is 11.5 Å². The van der Waals surface area contributed by atoms with Crippen LogP contribution in [0.25, 0.3) is 21.9 Å². The Morgan fingerprint density at radius 1 is 1.09 bits per heavy atom. The minimum Gasteiger partial charge on any atom is -0.496 e. The number of aromatic nitrogens is 2. The second kappa shape index (κ2) is 8.82. The Hall–Kier alpha value is -3.06. The monoisotopic (exact) mass is 436 g/mol. The van der Waals surface area contributed by atoms with E-state index >= 15 is 0 Å². The highest BCUT2D eigenvalue weighted by Crippen LogP contribution is 2.39. The number of nitrogens with zero attached hydrogens (tertiary/aromatic N) is 4. The zero-order valence-corrected chi connectivity index (χ0v) is 19.8. The second-order valence-electron chi connectivity index (χ2n) is 8.77. The van der Waals surface area contributed by atoms with Gasteiger partial charge in [0.1, 0.15) is 17.3 Å². The Balaban J connectivity index is 1.85. The molecule has 0 aliphatic carbocycles. The van der Waals surface area contributed by atoms with Crippen molar-refractivity contribution in [2.24, 2.45) is 13.0 Å². The lowest BCUT2D eigenvalue weighted by Gasteiger charge is -2.39. The Labute approximate surface area is 189 Å². The van der Waals surface area contributed by atoms with Crippen LogP contribution in [0, 0.1) is 5.92 Å². The van der Waals surface area contributed by atoms with Gasteiger partial charge in [0.25, 0.3) is 5.56 Å². The number of pyridine rings is 2. The fourth-order valence-electron chi connectivity index (χ4n) is 4.41. The summed E-state index contributed by atoms with van der Waals surface area (Å²) in [5.74, 6) is 3.17. The van der Waals surface area contributed by atoms with Crippen molar-refractivity contribution in [1.29, 1.82) is 0 Å². The van der Waals surface area contributed by atoms with E-state index in [4.69, 9.17) is 9.47 Å². The molecule has 32 heavy (non-hydrogen) atoms. The van der Waals surface area contributed by atoms with E-state index in [0.29, 0.717) is 5.39 Å². The number of fused-ring (bicyclic) bond motifs is 1. The van der Waals surface area contributed by atoms with Gasteiger partial charge in [0.05, 0.1) is 25.2 Å². The van der Waals surface area contributed by atoms with Gasteiger partial charge in [-0.3, -0.25) is 9.69 Å². The quantitative estimate of drug-likeness (QED) is 0.565. The van der Waals surface area contributed by atoms with Crippen molar-refractivity contribution in [1.82, 2.24) is 14.5 Å². The van der Waals surface area contributed by atoms with Crippen molar-refractivity contribution < 1.29 is 9.47 Å². The Morgan fingerprint density at radius 3 is 2.31 bits per heavy atom. The summed E-state index contributed by atoms with van der Waals surface area (Å²) in [5, 5.41) is 1.45. The highest BCUT2D eigenvalue weighted by Gasteiger charge is 2.27. The van der Waals surface area contributed by atoms with Crippen molar-refractivity contribution in [2.45, 2.75) is 19.9 Å². The lowest BCUT2D eigenvalue weighted by Crippen LogP contribution is -2.45. The third-order valence-corrected chi connectivity index (χ3v) is 6.42. The zero-order chi connectivity index (χ0) is 23.0. The summed E-state index contributed by atoms with van der Waals surface area (Å²) >= 11 is 0. The molecule has 1 aromatic carbocycles. The van der Waals surface area contributed by atoms with E-state index in [1.54, 1.807) is 32.0 Å². The third-order valence-electron chi connectivity index (χ3n) is 6.42. The fraction of sp³-hybridized carbons (Fsp3) is 0.440. The lowest BCUT2D eigenvalue weighted by atomic mass is 9.95. The summed E-state index contributed by atoms with van der Waals surface area (Å²) in [5.41, 5.74) is 2.86. The van der Waals surface area contributed by atoms with Crippen LogP contribution in [0.1, 0.15) is 18.9 Å². The predicted molar refractivity (Wildman–Crippen MR) is 129 cm³/mol. The van der Waals surface area contributed by atoms with Crippen LogP contribution in [0.15, 0.2) is 35.4 Å². The van der Waals surface area contributed by atoms with Crippen molar-refractivity contribution in [3.05, 3.63) is 46.5 Å². The zero-order valence-electron chi connectivity index (χ0n) is 19.8. The number of hydrogen-bond donors (Lipinski definition) is 0. The normalized spacial score (nSPS) is 14.4. The molecule has 170 valence electrons. The van der Waals surface area contributed by atoms with E-state index in [-0.39, 0.29) is 5.56 Å². The van der Waals surface area contributed by atoms with E-state index in [1.807, 2.05) is 43.4 Å². The van der Waals surface area contributed by atoms with Gasteiger partial charge in [-0.25, -0.2) is 4.98 Å². The number of benzene rings is 1. The average molecular weight is 437 g/mol. The van der Waals surface area contributed by atoms with E-state index < -0.39 is 0 Å². The molecule has 0 unspecified atom stereocenters. The first-order valence-corrected chi connectivity index (χ1v) is 11.0. The molecular formula is C25H32N4O3. The van der Waals surface area contributed by atoms with Crippen LogP contribution in [0.2, 0.25) is 0 Å². The summed E-state index contributed by atoms with van der Waals surface area (Å²) in [6, 6.07) is 6.05. The minimum atomic E-state index is -0.0691. The molecule has 7 nitrogen and oxygen atoms in total. The minimum absolute atomic E-state index is 0.0691. The van der Waals surface area contributed by atoms with Gasteiger partial charge < -0.3 is 18.9 Å². The molecule has 1 saturated heterocycles. The molecule has 3 aromatic rings. The maximum atomic E-state index is 12.8. The van der Waals surface area contributed by atoms with E-state index in [2.05, 4.69) is 16.8 Å². The molecule has 1 aliphatic heterocycles. The van der Waals surface area contributed by atoms with Gasteiger partial charge in [0.15, 0.2) is 0 Å². The Kier molecular flexibility index (Phi) is 6.11. The number of methoxy groups -OCH3 is 2. The van der Waals surface area contributed by atoms with Crippen LogP contribution in [-0.2, 0) is 13.6 Å². The molecule has 7 heteroatoms. The number of rotatable bonds is 7.